The van der Waals surface area contributed by atoms with E-state index in [0.29, 0.717) is 5.69 Å². The van der Waals surface area contributed by atoms with Crippen LogP contribution in [-0.2, 0) is 0 Å². The lowest BCUT2D eigenvalue weighted by atomic mass is 10.1. The van der Waals surface area contributed by atoms with Crippen molar-refractivity contribution < 1.29 is 9.18 Å². The van der Waals surface area contributed by atoms with Gasteiger partial charge in [-0.1, -0.05) is 24.3 Å². The van der Waals surface area contributed by atoms with E-state index in [1.54, 1.807) is 29.5 Å². The van der Waals surface area contributed by atoms with Gasteiger partial charge in [0.1, 0.15) is 5.82 Å². The molecule has 1 N–H and O–H groups in total. The predicted molar refractivity (Wildman–Crippen MR) is 92.9 cm³/mol. The minimum Gasteiger partial charge on any atom is -0.322 e. The van der Waals surface area contributed by atoms with Gasteiger partial charge >= 0.3 is 0 Å². The summed E-state index contributed by atoms with van der Waals surface area (Å²) in [5.41, 5.74) is 2.32. The van der Waals surface area contributed by atoms with E-state index in [1.807, 2.05) is 40.4 Å². The fourth-order valence-corrected chi connectivity index (χ4v) is 3.17. The van der Waals surface area contributed by atoms with Crippen molar-refractivity contribution >= 4 is 27.9 Å². The number of nitrogens with zero attached hydrogens (tertiary/aromatic N) is 2. The zero-order valence-electron chi connectivity index (χ0n) is 12.4. The Morgan fingerprint density at radius 1 is 1.17 bits per heavy atom. The fraction of sp³-hybridized carbons (Fsp3) is 0. The first-order valence-electron chi connectivity index (χ1n) is 7.29. The molecule has 24 heavy (non-hydrogen) atoms. The molecular weight excluding hydrogens is 325 g/mol. The second kappa shape index (κ2) is 5.90. The van der Waals surface area contributed by atoms with E-state index in [4.69, 9.17) is 0 Å². The minimum atomic E-state index is -0.541. The van der Waals surface area contributed by atoms with Crippen molar-refractivity contribution in [1.29, 1.82) is 0 Å². The molecule has 118 valence electrons. The SMILES string of the molecule is O=C(Nc1cccc(-c2cn3ccsc3n2)c1)c1ccccc1F. The maximum Gasteiger partial charge on any atom is 0.258 e. The maximum atomic E-state index is 13.7. The highest BCUT2D eigenvalue weighted by Crippen LogP contribution is 2.24. The molecule has 0 bridgehead atoms. The number of thiazole rings is 1. The number of amides is 1. The molecule has 2 aromatic heterocycles. The summed E-state index contributed by atoms with van der Waals surface area (Å²) in [5.74, 6) is -1.02. The Morgan fingerprint density at radius 3 is 2.88 bits per heavy atom. The molecule has 0 atom stereocenters. The van der Waals surface area contributed by atoms with Crippen molar-refractivity contribution in [2.24, 2.45) is 0 Å². The average molecular weight is 337 g/mol. The van der Waals surface area contributed by atoms with E-state index in [-0.39, 0.29) is 5.56 Å². The molecule has 0 fully saturated rings. The van der Waals surface area contributed by atoms with E-state index < -0.39 is 11.7 Å². The highest BCUT2D eigenvalue weighted by molar-refractivity contribution is 7.15. The van der Waals surface area contributed by atoms with Gasteiger partial charge in [-0.25, -0.2) is 9.37 Å². The highest BCUT2D eigenvalue weighted by Gasteiger charge is 2.12. The Bertz CT molecular complexity index is 1010. The minimum absolute atomic E-state index is 0.0189. The Kier molecular flexibility index (Phi) is 3.59. The lowest BCUT2D eigenvalue weighted by molar-refractivity contribution is 0.102. The summed E-state index contributed by atoms with van der Waals surface area (Å²) in [6.07, 6.45) is 3.88. The highest BCUT2D eigenvalue weighted by atomic mass is 32.1. The number of halogens is 1. The van der Waals surface area contributed by atoms with Crippen LogP contribution >= 0.6 is 11.3 Å². The van der Waals surface area contributed by atoms with Crippen molar-refractivity contribution in [2.75, 3.05) is 5.32 Å². The summed E-state index contributed by atoms with van der Waals surface area (Å²) in [6.45, 7) is 0. The molecule has 0 saturated heterocycles. The fourth-order valence-electron chi connectivity index (χ4n) is 2.47. The van der Waals surface area contributed by atoms with Gasteiger partial charge in [-0.3, -0.25) is 9.20 Å². The lowest BCUT2D eigenvalue weighted by Gasteiger charge is -2.07. The number of aromatic nitrogens is 2. The van der Waals surface area contributed by atoms with E-state index >= 15 is 0 Å². The number of imidazole rings is 1. The Balaban J connectivity index is 1.62. The number of rotatable bonds is 3. The molecule has 0 aliphatic carbocycles. The zero-order valence-corrected chi connectivity index (χ0v) is 13.3. The van der Waals surface area contributed by atoms with Gasteiger partial charge in [0.25, 0.3) is 5.91 Å². The van der Waals surface area contributed by atoms with Crippen LogP contribution in [0.5, 0.6) is 0 Å². The smallest absolute Gasteiger partial charge is 0.258 e. The first-order valence-corrected chi connectivity index (χ1v) is 8.17. The third-order valence-electron chi connectivity index (χ3n) is 3.63. The Morgan fingerprint density at radius 2 is 2.04 bits per heavy atom. The summed E-state index contributed by atoms with van der Waals surface area (Å²) in [5, 5.41) is 4.70. The first-order chi connectivity index (χ1) is 11.7. The van der Waals surface area contributed by atoms with Gasteiger partial charge in [0.05, 0.1) is 11.3 Å². The number of nitrogens with one attached hydrogen (secondary N) is 1. The van der Waals surface area contributed by atoms with Crippen LogP contribution in [0.25, 0.3) is 16.2 Å². The topological polar surface area (TPSA) is 46.4 Å². The third kappa shape index (κ3) is 2.68. The van der Waals surface area contributed by atoms with Gasteiger partial charge in [0.2, 0.25) is 0 Å². The molecule has 2 aromatic carbocycles. The van der Waals surface area contributed by atoms with Crippen molar-refractivity contribution in [3.63, 3.8) is 0 Å². The van der Waals surface area contributed by atoms with E-state index in [9.17, 15) is 9.18 Å². The standard InChI is InChI=1S/C18H12FN3OS/c19-15-7-2-1-6-14(15)17(23)20-13-5-3-4-12(10-13)16-11-22-8-9-24-18(22)21-16/h1-11H,(H,20,23). The normalized spacial score (nSPS) is 10.9. The predicted octanol–water partition coefficient (Wildman–Crippen LogP) is 4.45. The molecule has 0 radical (unpaired) electrons. The molecule has 4 aromatic rings. The summed E-state index contributed by atoms with van der Waals surface area (Å²) in [7, 11) is 0. The molecular formula is C18H12FN3OS. The van der Waals surface area contributed by atoms with Crippen molar-refractivity contribution in [1.82, 2.24) is 9.38 Å². The molecule has 1 amide bonds. The summed E-state index contributed by atoms with van der Waals surface area (Å²) >= 11 is 1.56. The zero-order chi connectivity index (χ0) is 16.5. The summed E-state index contributed by atoms with van der Waals surface area (Å²) in [6, 6.07) is 13.3. The molecule has 0 unspecified atom stereocenters. The van der Waals surface area contributed by atoms with E-state index in [0.717, 1.165) is 16.2 Å². The second-order valence-electron chi connectivity index (χ2n) is 5.23. The van der Waals surface area contributed by atoms with Gasteiger partial charge in [-0.2, -0.15) is 0 Å². The Hall–Kier alpha value is -2.99. The van der Waals surface area contributed by atoms with Crippen LogP contribution in [-0.4, -0.2) is 15.3 Å². The number of carbonyl (C=O) groups is 1. The van der Waals surface area contributed by atoms with Crippen LogP contribution in [0, 0.1) is 5.82 Å². The molecule has 0 aliphatic heterocycles. The summed E-state index contributed by atoms with van der Waals surface area (Å²) < 4.78 is 15.6. The molecule has 0 saturated carbocycles. The quantitative estimate of drug-likeness (QED) is 0.600. The average Bonchev–Trinajstić information content (AvgIpc) is 3.17. The van der Waals surface area contributed by atoms with Gasteiger partial charge < -0.3 is 5.32 Å². The van der Waals surface area contributed by atoms with Crippen LogP contribution < -0.4 is 5.32 Å². The number of benzene rings is 2. The lowest BCUT2D eigenvalue weighted by Crippen LogP contribution is -2.13. The number of hydrogen-bond donors (Lipinski definition) is 1. The van der Waals surface area contributed by atoms with Crippen LogP contribution in [0.15, 0.2) is 66.3 Å². The van der Waals surface area contributed by atoms with Crippen molar-refractivity contribution in [3.8, 4) is 11.3 Å². The van der Waals surface area contributed by atoms with Crippen LogP contribution in [0.1, 0.15) is 10.4 Å². The number of fused-ring (bicyclic) bond motifs is 1. The van der Waals surface area contributed by atoms with Crippen LogP contribution in [0.3, 0.4) is 0 Å². The molecule has 0 spiro atoms. The number of anilines is 1. The van der Waals surface area contributed by atoms with Crippen LogP contribution in [0.4, 0.5) is 10.1 Å². The molecule has 0 aliphatic rings. The van der Waals surface area contributed by atoms with Gasteiger partial charge in [0.15, 0.2) is 4.96 Å². The maximum absolute atomic E-state index is 13.7. The van der Waals surface area contributed by atoms with Crippen molar-refractivity contribution in [2.45, 2.75) is 0 Å². The van der Waals surface area contributed by atoms with Gasteiger partial charge in [-0.15, -0.1) is 11.3 Å². The second-order valence-corrected chi connectivity index (χ2v) is 6.11. The molecule has 2 heterocycles. The van der Waals surface area contributed by atoms with E-state index in [2.05, 4.69) is 10.3 Å². The van der Waals surface area contributed by atoms with E-state index in [1.165, 1.54) is 12.1 Å². The summed E-state index contributed by atoms with van der Waals surface area (Å²) in [4.78, 5) is 17.7. The van der Waals surface area contributed by atoms with Gasteiger partial charge in [0, 0.05) is 29.0 Å². The molecule has 4 nitrogen and oxygen atoms in total. The monoisotopic (exact) mass is 337 g/mol. The van der Waals surface area contributed by atoms with Crippen molar-refractivity contribution in [3.05, 3.63) is 77.7 Å². The first kappa shape index (κ1) is 14.6. The number of carbonyl (C=O) groups excluding carboxylic acids is 1. The van der Waals surface area contributed by atoms with Gasteiger partial charge in [-0.05, 0) is 24.3 Å². The molecule has 4 rings (SSSR count). The number of hydrogen-bond acceptors (Lipinski definition) is 3. The largest absolute Gasteiger partial charge is 0.322 e. The Labute approximate surface area is 141 Å². The third-order valence-corrected chi connectivity index (χ3v) is 4.40. The van der Waals surface area contributed by atoms with Crippen LogP contribution in [0.2, 0.25) is 0 Å². The molecule has 6 heteroatoms.